The third kappa shape index (κ3) is 6.40. The number of ether oxygens (including phenoxy) is 1. The predicted octanol–water partition coefficient (Wildman–Crippen LogP) is 3.47. The lowest BCUT2D eigenvalue weighted by Crippen LogP contribution is -2.41. The van der Waals surface area contributed by atoms with Crippen molar-refractivity contribution in [3.63, 3.8) is 0 Å². The van der Waals surface area contributed by atoms with Gasteiger partial charge in [-0.25, -0.2) is 27.1 Å². The van der Waals surface area contributed by atoms with Crippen molar-refractivity contribution >= 4 is 27.5 Å². The van der Waals surface area contributed by atoms with Crippen LogP contribution in [0.25, 0.3) is 0 Å². The van der Waals surface area contributed by atoms with Gasteiger partial charge in [-0.15, -0.1) is 0 Å². The van der Waals surface area contributed by atoms with E-state index in [1.54, 1.807) is 9.80 Å². The minimum Gasteiger partial charge on any atom is -0.447 e. The van der Waals surface area contributed by atoms with Crippen molar-refractivity contribution in [3.8, 4) is 0 Å². The number of hydrogen-bond donors (Lipinski definition) is 1. The van der Waals surface area contributed by atoms with E-state index in [9.17, 15) is 22.0 Å². The number of carbonyl (C=O) groups is 1. The van der Waals surface area contributed by atoms with E-state index in [0.29, 0.717) is 51.9 Å². The molecule has 2 fully saturated rings. The standard InChI is InChI=1S/C23H34F2N4O5S/c1-15(2)33-22(30)29-11-7-17(8-12-29)34-27-16-5-9-28(10-6-16)21-14-19(24)18(13-20(21)25)23(3,4)35(26,31)32/h13-15,17H,5-12H2,1-4H3,(H2,26,31,32). The van der Waals surface area contributed by atoms with Crippen molar-refractivity contribution in [1.29, 1.82) is 0 Å². The second kappa shape index (κ2) is 10.7. The number of nitrogens with two attached hydrogens (primary N) is 1. The summed E-state index contributed by atoms with van der Waals surface area (Å²) in [6.07, 6.45) is 1.78. The molecule has 0 atom stereocenters. The molecule has 0 bridgehead atoms. The molecule has 196 valence electrons. The SMILES string of the molecule is CC(C)OC(=O)N1CCC(ON=C2CCN(c3cc(F)c(C(C)(C)S(N)(=O)=O)cc3F)CC2)CC1. The molecule has 2 heterocycles. The molecule has 0 spiro atoms. The number of likely N-dealkylation sites (tertiary alicyclic amines) is 1. The fourth-order valence-corrected chi connectivity index (χ4v) is 4.52. The summed E-state index contributed by atoms with van der Waals surface area (Å²) < 4.78 is 56.7. The van der Waals surface area contributed by atoms with Gasteiger partial charge in [0.15, 0.2) is 0 Å². The Morgan fingerprint density at radius 2 is 1.71 bits per heavy atom. The molecule has 1 aromatic rings. The van der Waals surface area contributed by atoms with Crippen LogP contribution in [0.5, 0.6) is 0 Å². The van der Waals surface area contributed by atoms with E-state index < -0.39 is 26.4 Å². The molecule has 0 unspecified atom stereocenters. The molecule has 0 saturated carbocycles. The highest BCUT2D eigenvalue weighted by molar-refractivity contribution is 7.90. The van der Waals surface area contributed by atoms with E-state index in [2.05, 4.69) is 5.16 Å². The van der Waals surface area contributed by atoms with E-state index in [1.165, 1.54) is 13.8 Å². The van der Waals surface area contributed by atoms with Crippen LogP contribution in [0.2, 0.25) is 0 Å². The number of benzene rings is 1. The zero-order valence-electron chi connectivity index (χ0n) is 20.6. The maximum absolute atomic E-state index is 14.8. The van der Waals surface area contributed by atoms with Gasteiger partial charge in [-0.2, -0.15) is 0 Å². The Balaban J connectivity index is 1.55. The van der Waals surface area contributed by atoms with Crippen LogP contribution < -0.4 is 10.0 Å². The average Bonchev–Trinajstić information content (AvgIpc) is 2.78. The highest BCUT2D eigenvalue weighted by Gasteiger charge is 2.37. The number of anilines is 1. The summed E-state index contributed by atoms with van der Waals surface area (Å²) >= 11 is 0. The highest BCUT2D eigenvalue weighted by Crippen LogP contribution is 2.34. The normalized spacial score (nSPS) is 18.1. The Hall–Kier alpha value is -2.47. The van der Waals surface area contributed by atoms with Gasteiger partial charge in [0.25, 0.3) is 0 Å². The number of carbonyl (C=O) groups excluding carboxylic acids is 1. The number of oxime groups is 1. The van der Waals surface area contributed by atoms with Gasteiger partial charge in [0.1, 0.15) is 22.5 Å². The minimum absolute atomic E-state index is 0.0668. The first-order valence-electron chi connectivity index (χ1n) is 11.7. The molecule has 9 nitrogen and oxygen atoms in total. The van der Waals surface area contributed by atoms with Crippen molar-refractivity contribution in [2.24, 2.45) is 10.3 Å². The summed E-state index contributed by atoms with van der Waals surface area (Å²) in [5, 5.41) is 9.48. The first-order valence-corrected chi connectivity index (χ1v) is 13.3. The van der Waals surface area contributed by atoms with E-state index in [-0.39, 0.29) is 29.6 Å². The highest BCUT2D eigenvalue weighted by atomic mass is 32.2. The summed E-state index contributed by atoms with van der Waals surface area (Å²) in [6.45, 7) is 8.01. The molecule has 3 rings (SSSR count). The van der Waals surface area contributed by atoms with Crippen molar-refractivity contribution in [1.82, 2.24) is 4.90 Å². The molecule has 0 radical (unpaired) electrons. The fraction of sp³-hybridized carbons (Fsp3) is 0.652. The first kappa shape index (κ1) is 27.1. The lowest BCUT2D eigenvalue weighted by atomic mass is 10.00. The van der Waals surface area contributed by atoms with E-state index in [0.717, 1.165) is 17.8 Å². The van der Waals surface area contributed by atoms with Gasteiger partial charge < -0.3 is 19.4 Å². The molecule has 0 aromatic heterocycles. The third-order valence-corrected chi connectivity index (χ3v) is 8.09. The van der Waals surface area contributed by atoms with Crippen LogP contribution in [-0.4, -0.2) is 63.5 Å². The van der Waals surface area contributed by atoms with Crippen LogP contribution in [0.15, 0.2) is 17.3 Å². The van der Waals surface area contributed by atoms with Crippen LogP contribution in [0, 0.1) is 11.6 Å². The molecular formula is C23H34F2N4O5S. The van der Waals surface area contributed by atoms with E-state index >= 15 is 0 Å². The number of sulfonamides is 1. The van der Waals surface area contributed by atoms with Crippen LogP contribution >= 0.6 is 0 Å². The van der Waals surface area contributed by atoms with E-state index in [1.807, 2.05) is 13.8 Å². The van der Waals surface area contributed by atoms with Crippen molar-refractivity contribution < 1.29 is 31.6 Å². The Kier molecular flexibility index (Phi) is 8.25. The molecule has 0 aliphatic carbocycles. The van der Waals surface area contributed by atoms with Crippen LogP contribution in [0.3, 0.4) is 0 Å². The Morgan fingerprint density at radius 1 is 1.11 bits per heavy atom. The second-order valence-corrected chi connectivity index (χ2v) is 11.8. The summed E-state index contributed by atoms with van der Waals surface area (Å²) in [4.78, 5) is 21.0. The quantitative estimate of drug-likeness (QED) is 0.579. The Bertz CT molecular complexity index is 1060. The number of halogens is 2. The monoisotopic (exact) mass is 516 g/mol. The van der Waals surface area contributed by atoms with Gasteiger partial charge in [0, 0.05) is 63.5 Å². The number of primary sulfonamides is 1. The molecule has 1 aromatic carbocycles. The topological polar surface area (TPSA) is 115 Å². The molecule has 12 heteroatoms. The maximum atomic E-state index is 14.8. The van der Waals surface area contributed by atoms with Crippen LogP contribution in [-0.2, 0) is 24.3 Å². The van der Waals surface area contributed by atoms with Gasteiger partial charge in [-0.3, -0.25) is 0 Å². The second-order valence-electron chi connectivity index (χ2n) is 9.71. The zero-order chi connectivity index (χ0) is 26.0. The summed E-state index contributed by atoms with van der Waals surface area (Å²) in [5.41, 5.74) is 0.588. The first-order chi connectivity index (χ1) is 16.3. The molecule has 35 heavy (non-hydrogen) atoms. The summed E-state index contributed by atoms with van der Waals surface area (Å²) in [6, 6.07) is 1.93. The van der Waals surface area contributed by atoms with Gasteiger partial charge in [-0.05, 0) is 33.8 Å². The van der Waals surface area contributed by atoms with Crippen LogP contribution in [0.4, 0.5) is 19.3 Å². The number of amides is 1. The van der Waals surface area contributed by atoms with E-state index in [4.69, 9.17) is 14.7 Å². The zero-order valence-corrected chi connectivity index (χ0v) is 21.4. The van der Waals surface area contributed by atoms with Gasteiger partial charge >= 0.3 is 6.09 Å². The fourth-order valence-electron chi connectivity index (χ4n) is 4.06. The average molecular weight is 517 g/mol. The molecule has 2 N–H and O–H groups in total. The predicted molar refractivity (Wildman–Crippen MR) is 129 cm³/mol. The molecule has 2 aliphatic rings. The van der Waals surface area contributed by atoms with Crippen molar-refractivity contribution in [3.05, 3.63) is 29.3 Å². The Labute approximate surface area is 205 Å². The number of piperidine rings is 2. The molecule has 2 saturated heterocycles. The van der Waals surface area contributed by atoms with Gasteiger partial charge in [-0.1, -0.05) is 5.16 Å². The van der Waals surface area contributed by atoms with Gasteiger partial charge in [0.05, 0.1) is 17.5 Å². The van der Waals surface area contributed by atoms with Crippen LogP contribution in [0.1, 0.15) is 58.9 Å². The molecular weight excluding hydrogens is 482 g/mol. The number of rotatable bonds is 6. The number of hydrogen-bond acceptors (Lipinski definition) is 7. The smallest absolute Gasteiger partial charge is 0.410 e. The lowest BCUT2D eigenvalue weighted by molar-refractivity contribution is 0.00415. The largest absolute Gasteiger partial charge is 0.447 e. The minimum atomic E-state index is -4.14. The Morgan fingerprint density at radius 3 is 2.26 bits per heavy atom. The van der Waals surface area contributed by atoms with Crippen molar-refractivity contribution in [2.45, 2.75) is 70.3 Å². The summed E-state index contributed by atoms with van der Waals surface area (Å²) in [5.74, 6) is -1.54. The lowest BCUT2D eigenvalue weighted by Gasteiger charge is -2.32. The third-order valence-electron chi connectivity index (χ3n) is 6.45. The van der Waals surface area contributed by atoms with Gasteiger partial charge in [0.2, 0.25) is 10.0 Å². The molecule has 2 aliphatic heterocycles. The number of nitrogens with zero attached hydrogens (tertiary/aromatic N) is 3. The molecule has 1 amide bonds. The van der Waals surface area contributed by atoms with Crippen molar-refractivity contribution in [2.75, 3.05) is 31.1 Å². The summed E-state index contributed by atoms with van der Waals surface area (Å²) in [7, 11) is -4.14. The maximum Gasteiger partial charge on any atom is 0.410 e.